The second-order valence-electron chi connectivity index (χ2n) is 7.30. The molecule has 0 radical (unpaired) electrons. The molecule has 0 spiro atoms. The van der Waals surface area contributed by atoms with Crippen molar-refractivity contribution in [2.24, 2.45) is 0 Å². The highest BCUT2D eigenvalue weighted by Crippen LogP contribution is 2.24. The fraction of sp³-hybridized carbons (Fsp3) is 0.348. The molecule has 28 heavy (non-hydrogen) atoms. The summed E-state index contributed by atoms with van der Waals surface area (Å²) >= 11 is 0. The lowest BCUT2D eigenvalue weighted by atomic mass is 10.0. The highest BCUT2D eigenvalue weighted by atomic mass is 16.2. The molecule has 2 aromatic carbocycles. The minimum absolute atomic E-state index is 0.0827. The zero-order valence-corrected chi connectivity index (χ0v) is 16.6. The SMILES string of the molecule is CCc1ccc(C(C)NC(=O)CCCN2C(=O)c3ccc(C)cc3C2=O)cc1. The van der Waals surface area contributed by atoms with Crippen LogP contribution in [0.2, 0.25) is 0 Å². The minimum atomic E-state index is -0.273. The molecular weight excluding hydrogens is 352 g/mol. The Morgan fingerprint density at radius 2 is 1.71 bits per heavy atom. The highest BCUT2D eigenvalue weighted by Gasteiger charge is 2.34. The van der Waals surface area contributed by atoms with Gasteiger partial charge in [-0.3, -0.25) is 19.3 Å². The van der Waals surface area contributed by atoms with E-state index in [0.29, 0.717) is 17.5 Å². The molecule has 0 aromatic heterocycles. The Balaban J connectivity index is 1.50. The van der Waals surface area contributed by atoms with E-state index in [1.165, 1.54) is 10.5 Å². The minimum Gasteiger partial charge on any atom is -0.350 e. The topological polar surface area (TPSA) is 66.5 Å². The summed E-state index contributed by atoms with van der Waals surface area (Å²) in [4.78, 5) is 38.4. The average Bonchev–Trinajstić information content (AvgIpc) is 2.92. The number of hydrogen-bond donors (Lipinski definition) is 1. The molecule has 1 aliphatic heterocycles. The van der Waals surface area contributed by atoms with E-state index in [2.05, 4.69) is 24.4 Å². The first kappa shape index (κ1) is 19.8. The van der Waals surface area contributed by atoms with Crippen molar-refractivity contribution in [3.05, 3.63) is 70.3 Å². The standard InChI is InChI=1S/C23H26N2O3/c1-4-17-8-10-18(11-9-17)16(3)24-21(26)6-5-13-25-22(27)19-12-7-15(2)14-20(19)23(25)28/h7-12,14,16H,4-6,13H2,1-3H3,(H,24,26). The Hall–Kier alpha value is -2.95. The van der Waals surface area contributed by atoms with Crippen LogP contribution < -0.4 is 5.32 Å². The predicted molar refractivity (Wildman–Crippen MR) is 108 cm³/mol. The van der Waals surface area contributed by atoms with Gasteiger partial charge in [0.1, 0.15) is 0 Å². The molecule has 0 saturated carbocycles. The summed E-state index contributed by atoms with van der Waals surface area (Å²) in [6.45, 7) is 6.20. The maximum absolute atomic E-state index is 12.5. The second-order valence-corrected chi connectivity index (χ2v) is 7.30. The molecule has 0 bridgehead atoms. The molecular formula is C23H26N2O3. The number of carbonyl (C=O) groups excluding carboxylic acids is 3. The lowest BCUT2D eigenvalue weighted by molar-refractivity contribution is -0.121. The van der Waals surface area contributed by atoms with Crippen molar-refractivity contribution in [2.45, 2.75) is 46.1 Å². The maximum atomic E-state index is 12.5. The summed E-state index contributed by atoms with van der Waals surface area (Å²) in [6, 6.07) is 13.4. The maximum Gasteiger partial charge on any atom is 0.261 e. The molecule has 3 amide bonds. The molecule has 0 aliphatic carbocycles. The van der Waals surface area contributed by atoms with Crippen molar-refractivity contribution >= 4 is 17.7 Å². The first-order valence-corrected chi connectivity index (χ1v) is 9.75. The molecule has 1 heterocycles. The van der Waals surface area contributed by atoms with E-state index in [0.717, 1.165) is 17.5 Å². The zero-order valence-electron chi connectivity index (χ0n) is 16.6. The molecule has 0 fully saturated rings. The Labute approximate surface area is 165 Å². The van der Waals surface area contributed by atoms with Gasteiger partial charge in [0, 0.05) is 13.0 Å². The number of fused-ring (bicyclic) bond motifs is 1. The van der Waals surface area contributed by atoms with E-state index < -0.39 is 0 Å². The smallest absolute Gasteiger partial charge is 0.261 e. The van der Waals surface area contributed by atoms with Gasteiger partial charge in [-0.05, 0) is 49.9 Å². The number of aryl methyl sites for hydroxylation is 2. The Kier molecular flexibility index (Phi) is 5.93. The van der Waals surface area contributed by atoms with Crippen LogP contribution in [0.5, 0.6) is 0 Å². The number of nitrogens with one attached hydrogen (secondary N) is 1. The van der Waals surface area contributed by atoms with Crippen LogP contribution in [0.15, 0.2) is 42.5 Å². The summed E-state index contributed by atoms with van der Waals surface area (Å²) in [6.07, 6.45) is 1.69. The molecule has 1 aliphatic rings. The largest absolute Gasteiger partial charge is 0.350 e. The number of rotatable bonds is 7. The Bertz CT molecular complexity index is 903. The van der Waals surface area contributed by atoms with Crippen LogP contribution in [0.3, 0.4) is 0 Å². The lowest BCUT2D eigenvalue weighted by Crippen LogP contribution is -2.32. The fourth-order valence-electron chi connectivity index (χ4n) is 3.44. The number of carbonyl (C=O) groups is 3. The van der Waals surface area contributed by atoms with Gasteiger partial charge in [0.25, 0.3) is 11.8 Å². The van der Waals surface area contributed by atoms with Crippen molar-refractivity contribution < 1.29 is 14.4 Å². The number of imide groups is 1. The van der Waals surface area contributed by atoms with Crippen LogP contribution >= 0.6 is 0 Å². The van der Waals surface area contributed by atoms with E-state index in [-0.39, 0.29) is 36.7 Å². The number of hydrogen-bond acceptors (Lipinski definition) is 3. The fourth-order valence-corrected chi connectivity index (χ4v) is 3.44. The molecule has 1 N–H and O–H groups in total. The van der Waals surface area contributed by atoms with Crippen molar-refractivity contribution in [3.8, 4) is 0 Å². The molecule has 1 unspecified atom stereocenters. The molecule has 0 saturated heterocycles. The molecule has 146 valence electrons. The van der Waals surface area contributed by atoms with Gasteiger partial charge in [0.05, 0.1) is 17.2 Å². The third kappa shape index (κ3) is 4.14. The summed E-state index contributed by atoms with van der Waals surface area (Å²) in [5.41, 5.74) is 4.17. The van der Waals surface area contributed by atoms with Gasteiger partial charge in [-0.15, -0.1) is 0 Å². The van der Waals surface area contributed by atoms with Crippen LogP contribution in [-0.2, 0) is 11.2 Å². The van der Waals surface area contributed by atoms with E-state index in [4.69, 9.17) is 0 Å². The van der Waals surface area contributed by atoms with Crippen LogP contribution in [0.4, 0.5) is 0 Å². The summed E-state index contributed by atoms with van der Waals surface area (Å²) < 4.78 is 0. The van der Waals surface area contributed by atoms with Gasteiger partial charge in [-0.25, -0.2) is 0 Å². The number of nitrogens with zero attached hydrogens (tertiary/aromatic N) is 1. The van der Waals surface area contributed by atoms with Gasteiger partial charge in [0.15, 0.2) is 0 Å². The third-order valence-electron chi connectivity index (χ3n) is 5.18. The Morgan fingerprint density at radius 3 is 2.39 bits per heavy atom. The summed E-state index contributed by atoms with van der Waals surface area (Å²) in [5.74, 6) is -0.627. The van der Waals surface area contributed by atoms with Gasteiger partial charge in [0.2, 0.25) is 5.91 Å². The summed E-state index contributed by atoms with van der Waals surface area (Å²) in [7, 11) is 0. The van der Waals surface area contributed by atoms with Crippen LogP contribution in [0, 0.1) is 6.92 Å². The van der Waals surface area contributed by atoms with Gasteiger partial charge < -0.3 is 5.32 Å². The van der Waals surface area contributed by atoms with Gasteiger partial charge in [-0.2, -0.15) is 0 Å². The van der Waals surface area contributed by atoms with Gasteiger partial charge >= 0.3 is 0 Å². The van der Waals surface area contributed by atoms with E-state index in [1.807, 2.05) is 32.0 Å². The van der Waals surface area contributed by atoms with Crippen molar-refractivity contribution in [3.63, 3.8) is 0 Å². The van der Waals surface area contributed by atoms with Crippen LogP contribution in [0.1, 0.15) is 70.1 Å². The quantitative estimate of drug-likeness (QED) is 0.745. The number of amides is 3. The predicted octanol–water partition coefficient (Wildman–Crippen LogP) is 3.81. The zero-order chi connectivity index (χ0) is 20.3. The first-order valence-electron chi connectivity index (χ1n) is 9.75. The van der Waals surface area contributed by atoms with Crippen molar-refractivity contribution in [1.29, 1.82) is 0 Å². The second kappa shape index (κ2) is 8.38. The molecule has 2 aromatic rings. The number of benzene rings is 2. The molecule has 1 atom stereocenters. The normalized spacial score (nSPS) is 14.2. The van der Waals surface area contributed by atoms with E-state index in [9.17, 15) is 14.4 Å². The first-order chi connectivity index (χ1) is 13.4. The summed E-state index contributed by atoms with van der Waals surface area (Å²) in [5, 5.41) is 2.98. The van der Waals surface area contributed by atoms with Crippen LogP contribution in [0.25, 0.3) is 0 Å². The van der Waals surface area contributed by atoms with E-state index in [1.54, 1.807) is 12.1 Å². The lowest BCUT2D eigenvalue weighted by Gasteiger charge is -2.16. The van der Waals surface area contributed by atoms with Gasteiger partial charge in [-0.1, -0.05) is 42.8 Å². The van der Waals surface area contributed by atoms with Crippen molar-refractivity contribution in [2.75, 3.05) is 6.54 Å². The monoisotopic (exact) mass is 378 g/mol. The molecule has 5 heteroatoms. The highest BCUT2D eigenvalue weighted by molar-refractivity contribution is 6.21. The molecule has 5 nitrogen and oxygen atoms in total. The van der Waals surface area contributed by atoms with Crippen LogP contribution in [-0.4, -0.2) is 29.2 Å². The van der Waals surface area contributed by atoms with E-state index >= 15 is 0 Å². The average molecular weight is 378 g/mol. The third-order valence-corrected chi connectivity index (χ3v) is 5.18. The Morgan fingerprint density at radius 1 is 1.04 bits per heavy atom. The van der Waals surface area contributed by atoms with Crippen molar-refractivity contribution in [1.82, 2.24) is 10.2 Å². The molecule has 3 rings (SSSR count).